The third-order valence-corrected chi connectivity index (χ3v) is 5.42. The van der Waals surface area contributed by atoms with Crippen LogP contribution in [-0.4, -0.2) is 6.09 Å². The topological polar surface area (TPSA) is 62.1 Å². The minimum Gasteiger partial charge on any atom is -0.444 e. The van der Waals surface area contributed by atoms with Crippen molar-refractivity contribution in [3.8, 4) is 6.07 Å². The normalized spacial score (nSPS) is 14.0. The summed E-state index contributed by atoms with van der Waals surface area (Å²) in [6.45, 7) is 0.222. The van der Waals surface area contributed by atoms with Crippen LogP contribution < -0.4 is 5.32 Å². The maximum absolute atomic E-state index is 12.1. The van der Waals surface area contributed by atoms with Crippen LogP contribution in [-0.2, 0) is 24.2 Å². The second-order valence-corrected chi connectivity index (χ2v) is 7.03. The van der Waals surface area contributed by atoms with Gasteiger partial charge in [-0.3, -0.25) is 5.32 Å². The van der Waals surface area contributed by atoms with Crippen molar-refractivity contribution in [2.45, 2.75) is 45.1 Å². The van der Waals surface area contributed by atoms with E-state index in [1.54, 1.807) is 0 Å². The highest BCUT2D eigenvalue weighted by Gasteiger charge is 2.20. The van der Waals surface area contributed by atoms with Crippen molar-refractivity contribution >= 4 is 22.4 Å². The van der Waals surface area contributed by atoms with Gasteiger partial charge in [-0.15, -0.1) is 11.3 Å². The maximum atomic E-state index is 12.1. The molecule has 0 unspecified atom stereocenters. The lowest BCUT2D eigenvalue weighted by atomic mass is 9.97. The SMILES string of the molecule is N#Cc1c(NC(=O)OCc2ccccc2)sc2c1CCCCCC2. The number of aryl methyl sites for hydroxylation is 1. The molecule has 0 aliphatic heterocycles. The fourth-order valence-corrected chi connectivity index (χ4v) is 4.20. The summed E-state index contributed by atoms with van der Waals surface area (Å²) in [6.07, 6.45) is 6.12. The second kappa shape index (κ2) is 7.98. The van der Waals surface area contributed by atoms with E-state index in [1.165, 1.54) is 29.1 Å². The zero-order valence-electron chi connectivity index (χ0n) is 13.5. The van der Waals surface area contributed by atoms with Crippen LogP contribution in [0.15, 0.2) is 30.3 Å². The van der Waals surface area contributed by atoms with Crippen LogP contribution in [0.3, 0.4) is 0 Å². The molecule has 5 heteroatoms. The number of hydrogen-bond donors (Lipinski definition) is 1. The standard InChI is InChI=1S/C19H20N2O2S/c20-12-16-15-10-6-1-2-7-11-17(15)24-18(16)21-19(22)23-13-14-8-4-3-5-9-14/h3-5,8-9H,1-2,6-7,10-11,13H2,(H,21,22). The number of thiophene rings is 1. The summed E-state index contributed by atoms with van der Waals surface area (Å²) in [5, 5.41) is 12.9. The first kappa shape index (κ1) is 16.5. The quantitative estimate of drug-likeness (QED) is 0.852. The van der Waals surface area contributed by atoms with Crippen molar-refractivity contribution in [3.63, 3.8) is 0 Å². The van der Waals surface area contributed by atoms with Crippen molar-refractivity contribution in [3.05, 3.63) is 51.9 Å². The van der Waals surface area contributed by atoms with E-state index in [1.807, 2.05) is 30.3 Å². The monoisotopic (exact) mass is 340 g/mol. The smallest absolute Gasteiger partial charge is 0.412 e. The molecule has 1 aromatic heterocycles. The van der Waals surface area contributed by atoms with Gasteiger partial charge in [-0.05, 0) is 36.8 Å². The molecule has 0 spiro atoms. The van der Waals surface area contributed by atoms with Gasteiger partial charge in [-0.25, -0.2) is 4.79 Å². The van der Waals surface area contributed by atoms with E-state index in [2.05, 4.69) is 11.4 Å². The van der Waals surface area contributed by atoms with Gasteiger partial charge in [0.05, 0.1) is 5.56 Å². The number of carbonyl (C=O) groups is 1. The number of amides is 1. The molecule has 0 saturated carbocycles. The van der Waals surface area contributed by atoms with Gasteiger partial charge in [0.2, 0.25) is 0 Å². The van der Waals surface area contributed by atoms with Gasteiger partial charge >= 0.3 is 6.09 Å². The Labute approximate surface area is 146 Å². The summed E-state index contributed by atoms with van der Waals surface area (Å²) in [6, 6.07) is 11.8. The Morgan fingerprint density at radius 2 is 1.92 bits per heavy atom. The average molecular weight is 340 g/mol. The van der Waals surface area contributed by atoms with E-state index in [0.717, 1.165) is 36.8 Å². The number of benzene rings is 1. The molecule has 24 heavy (non-hydrogen) atoms. The minimum atomic E-state index is -0.510. The van der Waals surface area contributed by atoms with Crippen LogP contribution >= 0.6 is 11.3 Å². The first-order valence-corrected chi connectivity index (χ1v) is 9.12. The molecular weight excluding hydrogens is 320 g/mol. The zero-order valence-corrected chi connectivity index (χ0v) is 14.3. The molecule has 4 nitrogen and oxygen atoms in total. The van der Waals surface area contributed by atoms with Gasteiger partial charge in [-0.1, -0.05) is 43.2 Å². The van der Waals surface area contributed by atoms with Crippen LogP contribution in [0.1, 0.15) is 47.3 Å². The van der Waals surface area contributed by atoms with E-state index in [-0.39, 0.29) is 6.61 Å². The van der Waals surface area contributed by atoms with Gasteiger partial charge in [0.1, 0.15) is 17.7 Å². The van der Waals surface area contributed by atoms with E-state index in [4.69, 9.17) is 4.74 Å². The number of nitrogens with one attached hydrogen (secondary N) is 1. The summed E-state index contributed by atoms with van der Waals surface area (Å²) in [7, 11) is 0. The van der Waals surface area contributed by atoms with Gasteiger partial charge in [0.25, 0.3) is 0 Å². The molecule has 1 heterocycles. The highest BCUT2D eigenvalue weighted by Crippen LogP contribution is 2.36. The summed E-state index contributed by atoms with van der Waals surface area (Å²) in [5.41, 5.74) is 2.68. The summed E-state index contributed by atoms with van der Waals surface area (Å²) in [5.74, 6) is 0. The highest BCUT2D eigenvalue weighted by molar-refractivity contribution is 7.16. The Kier molecular flexibility index (Phi) is 5.50. The van der Waals surface area contributed by atoms with Gasteiger partial charge in [0.15, 0.2) is 0 Å². The van der Waals surface area contributed by atoms with Crippen LogP contribution in [0.5, 0.6) is 0 Å². The largest absolute Gasteiger partial charge is 0.444 e. The maximum Gasteiger partial charge on any atom is 0.412 e. The molecule has 1 aliphatic carbocycles. The summed E-state index contributed by atoms with van der Waals surface area (Å²) < 4.78 is 5.26. The zero-order chi connectivity index (χ0) is 16.8. The number of hydrogen-bond acceptors (Lipinski definition) is 4. The number of nitrogens with zero attached hydrogens (tertiary/aromatic N) is 1. The van der Waals surface area contributed by atoms with Gasteiger partial charge < -0.3 is 4.74 Å². The number of rotatable bonds is 3. The van der Waals surface area contributed by atoms with Gasteiger partial charge in [0, 0.05) is 4.88 Å². The molecule has 0 atom stereocenters. The molecular formula is C19H20N2O2S. The fourth-order valence-electron chi connectivity index (χ4n) is 2.98. The first-order valence-electron chi connectivity index (χ1n) is 8.30. The molecule has 1 N–H and O–H groups in total. The Bertz CT molecular complexity index is 747. The fraction of sp³-hybridized carbons (Fsp3) is 0.368. The first-order chi connectivity index (χ1) is 11.8. The Balaban J connectivity index is 1.69. The number of anilines is 1. The van der Waals surface area contributed by atoms with Crippen molar-refractivity contribution in [1.29, 1.82) is 5.26 Å². The van der Waals surface area contributed by atoms with E-state index < -0.39 is 6.09 Å². The minimum absolute atomic E-state index is 0.222. The molecule has 1 amide bonds. The van der Waals surface area contributed by atoms with E-state index in [9.17, 15) is 10.1 Å². The molecule has 2 aromatic rings. The third kappa shape index (κ3) is 3.95. The lowest BCUT2D eigenvalue weighted by Crippen LogP contribution is -2.13. The predicted molar refractivity (Wildman–Crippen MR) is 95.2 cm³/mol. The molecule has 0 fully saturated rings. The Hall–Kier alpha value is -2.32. The van der Waals surface area contributed by atoms with Crippen LogP contribution in [0.4, 0.5) is 9.80 Å². The summed E-state index contributed by atoms with van der Waals surface area (Å²) in [4.78, 5) is 13.3. The van der Waals surface area contributed by atoms with E-state index in [0.29, 0.717) is 10.6 Å². The molecule has 124 valence electrons. The predicted octanol–water partition coefficient (Wildman–Crippen LogP) is 5.03. The summed E-state index contributed by atoms with van der Waals surface area (Å²) >= 11 is 1.52. The Morgan fingerprint density at radius 3 is 2.67 bits per heavy atom. The molecule has 0 bridgehead atoms. The molecule has 3 rings (SSSR count). The van der Waals surface area contributed by atoms with E-state index >= 15 is 0 Å². The lowest BCUT2D eigenvalue weighted by Gasteiger charge is -2.08. The lowest BCUT2D eigenvalue weighted by molar-refractivity contribution is 0.155. The number of nitriles is 1. The number of fused-ring (bicyclic) bond motifs is 1. The molecule has 1 aromatic carbocycles. The van der Waals surface area contributed by atoms with Gasteiger partial charge in [-0.2, -0.15) is 5.26 Å². The Morgan fingerprint density at radius 1 is 1.17 bits per heavy atom. The van der Waals surface area contributed by atoms with Crippen molar-refractivity contribution in [2.75, 3.05) is 5.32 Å². The van der Waals surface area contributed by atoms with Crippen molar-refractivity contribution in [1.82, 2.24) is 0 Å². The van der Waals surface area contributed by atoms with Crippen LogP contribution in [0.2, 0.25) is 0 Å². The van der Waals surface area contributed by atoms with Crippen molar-refractivity contribution in [2.24, 2.45) is 0 Å². The average Bonchev–Trinajstić information content (AvgIpc) is 2.89. The van der Waals surface area contributed by atoms with Crippen LogP contribution in [0, 0.1) is 11.3 Å². The molecule has 0 saturated heterocycles. The molecule has 1 aliphatic rings. The number of ether oxygens (including phenoxy) is 1. The molecule has 0 radical (unpaired) electrons. The second-order valence-electron chi connectivity index (χ2n) is 5.92. The highest BCUT2D eigenvalue weighted by atomic mass is 32.1. The van der Waals surface area contributed by atoms with Crippen molar-refractivity contribution < 1.29 is 9.53 Å². The van der Waals surface area contributed by atoms with Crippen LogP contribution in [0.25, 0.3) is 0 Å². The third-order valence-electron chi connectivity index (χ3n) is 4.21. The number of carbonyl (C=O) groups excluding carboxylic acids is 1.